The summed E-state index contributed by atoms with van der Waals surface area (Å²) in [7, 11) is -4.75. The molecule has 0 aromatic rings. The molecule has 0 heterocycles. The molecule has 0 rings (SSSR count). The summed E-state index contributed by atoms with van der Waals surface area (Å²) < 4.78 is 32.4. The Labute approximate surface area is 309 Å². The Morgan fingerprint density at radius 1 is 0.596 bits per heavy atom. The van der Waals surface area contributed by atoms with Crippen LogP contribution in [0.4, 0.5) is 0 Å². The molecule has 12 heteroatoms. The Balaban J connectivity index is 4.72. The van der Waals surface area contributed by atoms with E-state index >= 15 is 0 Å². The van der Waals surface area contributed by atoms with Gasteiger partial charge in [-0.2, -0.15) is 0 Å². The summed E-state index contributed by atoms with van der Waals surface area (Å²) in [4.78, 5) is 45.6. The van der Waals surface area contributed by atoms with Crippen molar-refractivity contribution in [2.24, 2.45) is 5.73 Å². The lowest BCUT2D eigenvalue weighted by atomic mass is 10.1. The van der Waals surface area contributed by atoms with Crippen molar-refractivity contribution in [3.63, 3.8) is 0 Å². The number of hydrogen-bond acceptors (Lipinski definition) is 9. The first-order valence-electron chi connectivity index (χ1n) is 17.7. The standard InChI is InChI=1S/C40H58NO10P/c1-3-5-7-9-11-13-15-17-18-20-21-23-25-27-29-31-38(42)48-33-36(34-49-52(46,47)50-35-37(41)40(44)45)51-39(43)32-30-28-26-24-22-19-16-14-12-10-8-6-4-2/h5-22,24,26,36-37H,3-4,23,25,27-35,41H2,1-2H3,(H,44,45)(H,46,47)/b7-5+,8-6+,11-9+,12-10+,15-13+,16-14+,18-17+,21-20+,22-19+,26-24+/t36?,37-/m0/s1. The normalized spacial score (nSPS) is 15.3. The third kappa shape index (κ3) is 33.0. The number of rotatable bonds is 30. The summed E-state index contributed by atoms with van der Waals surface area (Å²) >= 11 is 0. The highest BCUT2D eigenvalue weighted by Gasteiger charge is 2.28. The van der Waals surface area contributed by atoms with Crippen LogP contribution in [0.2, 0.25) is 0 Å². The first-order chi connectivity index (χ1) is 25.1. The minimum absolute atomic E-state index is 0.0461. The van der Waals surface area contributed by atoms with E-state index in [1.807, 2.05) is 103 Å². The number of phosphoric acid groups is 1. The maximum Gasteiger partial charge on any atom is 0.472 e. The fourth-order valence-corrected chi connectivity index (χ4v) is 4.48. The van der Waals surface area contributed by atoms with Crippen LogP contribution >= 0.6 is 7.82 Å². The summed E-state index contributed by atoms with van der Waals surface area (Å²) in [6, 6.07) is -1.55. The van der Waals surface area contributed by atoms with E-state index in [0.29, 0.717) is 19.3 Å². The van der Waals surface area contributed by atoms with Crippen molar-refractivity contribution in [2.45, 2.75) is 90.2 Å². The lowest BCUT2D eigenvalue weighted by Gasteiger charge is -2.20. The van der Waals surface area contributed by atoms with Gasteiger partial charge in [0.1, 0.15) is 12.6 Å². The highest BCUT2D eigenvalue weighted by atomic mass is 31.2. The second-order valence-electron chi connectivity index (χ2n) is 11.1. The molecule has 288 valence electrons. The monoisotopic (exact) mass is 743 g/mol. The number of ether oxygens (including phenoxy) is 2. The number of unbranched alkanes of at least 4 members (excludes halogenated alkanes) is 4. The molecule has 11 nitrogen and oxygen atoms in total. The molecule has 3 atom stereocenters. The summed E-state index contributed by atoms with van der Waals surface area (Å²) in [6.07, 6.45) is 44.3. The number of carboxylic acids is 1. The Hall–Kier alpha value is -4.12. The van der Waals surface area contributed by atoms with E-state index in [9.17, 15) is 23.8 Å². The Morgan fingerprint density at radius 2 is 1.04 bits per heavy atom. The van der Waals surface area contributed by atoms with Crippen molar-refractivity contribution < 1.29 is 47.5 Å². The van der Waals surface area contributed by atoms with E-state index in [1.165, 1.54) is 0 Å². The molecule has 0 aromatic heterocycles. The number of nitrogens with two attached hydrogens (primary N) is 1. The van der Waals surface area contributed by atoms with Gasteiger partial charge in [-0.15, -0.1) is 0 Å². The molecule has 2 unspecified atom stereocenters. The molecule has 4 N–H and O–H groups in total. The van der Waals surface area contributed by atoms with E-state index < -0.39 is 57.7 Å². The van der Waals surface area contributed by atoms with Crippen LogP contribution in [0, 0.1) is 0 Å². The molecule has 0 saturated carbocycles. The average molecular weight is 744 g/mol. The van der Waals surface area contributed by atoms with Crippen molar-refractivity contribution >= 4 is 25.7 Å². The zero-order valence-electron chi connectivity index (χ0n) is 30.6. The number of aliphatic carboxylic acids is 1. The third-order valence-corrected chi connectivity index (χ3v) is 7.41. The fourth-order valence-electron chi connectivity index (χ4n) is 3.70. The van der Waals surface area contributed by atoms with Gasteiger partial charge < -0.3 is 25.2 Å². The van der Waals surface area contributed by atoms with Gasteiger partial charge in [0.05, 0.1) is 13.2 Å². The van der Waals surface area contributed by atoms with E-state index in [1.54, 1.807) is 0 Å². The highest BCUT2D eigenvalue weighted by molar-refractivity contribution is 7.47. The van der Waals surface area contributed by atoms with E-state index in [2.05, 4.69) is 36.6 Å². The van der Waals surface area contributed by atoms with Crippen LogP contribution in [0.25, 0.3) is 0 Å². The van der Waals surface area contributed by atoms with Gasteiger partial charge >= 0.3 is 25.7 Å². The summed E-state index contributed by atoms with van der Waals surface area (Å²) in [5.74, 6) is -2.56. The zero-order chi connectivity index (χ0) is 38.5. The fraction of sp³-hybridized carbons (Fsp3) is 0.425. The van der Waals surface area contributed by atoms with Crippen LogP contribution in [0.1, 0.15) is 78.1 Å². The van der Waals surface area contributed by atoms with Crippen molar-refractivity contribution in [3.05, 3.63) is 122 Å². The highest BCUT2D eigenvalue weighted by Crippen LogP contribution is 2.43. The van der Waals surface area contributed by atoms with Gasteiger partial charge in [0.15, 0.2) is 6.10 Å². The molecule has 0 spiro atoms. The van der Waals surface area contributed by atoms with Gasteiger partial charge in [0.2, 0.25) is 0 Å². The largest absolute Gasteiger partial charge is 0.480 e. The van der Waals surface area contributed by atoms with Crippen LogP contribution < -0.4 is 5.73 Å². The predicted octanol–water partition coefficient (Wildman–Crippen LogP) is 8.49. The number of hydrogen-bond donors (Lipinski definition) is 3. The number of phosphoric ester groups is 1. The van der Waals surface area contributed by atoms with Crippen molar-refractivity contribution in [3.8, 4) is 0 Å². The van der Waals surface area contributed by atoms with E-state index in [0.717, 1.165) is 32.1 Å². The van der Waals surface area contributed by atoms with Crippen molar-refractivity contribution in [2.75, 3.05) is 19.8 Å². The second-order valence-corrected chi connectivity index (χ2v) is 12.6. The molecule has 0 saturated heterocycles. The minimum Gasteiger partial charge on any atom is -0.480 e. The Morgan fingerprint density at radius 3 is 1.54 bits per heavy atom. The van der Waals surface area contributed by atoms with Gasteiger partial charge in [0, 0.05) is 12.8 Å². The first kappa shape index (κ1) is 47.9. The number of carbonyl (C=O) groups excluding carboxylic acids is 2. The molecule has 0 radical (unpaired) electrons. The van der Waals surface area contributed by atoms with Gasteiger partial charge in [-0.1, -0.05) is 142 Å². The lowest BCUT2D eigenvalue weighted by Crippen LogP contribution is -2.34. The molecule has 0 amide bonds. The summed E-state index contributed by atoms with van der Waals surface area (Å²) in [5, 5.41) is 8.85. The maximum absolute atomic E-state index is 12.5. The molecule has 0 aliphatic rings. The summed E-state index contributed by atoms with van der Waals surface area (Å²) in [5.41, 5.74) is 5.30. The number of esters is 2. The Kier molecular flexibility index (Phi) is 31.3. The molecule has 0 aromatic carbocycles. The van der Waals surface area contributed by atoms with E-state index in [4.69, 9.17) is 24.8 Å². The molecule has 52 heavy (non-hydrogen) atoms. The molecular weight excluding hydrogens is 685 g/mol. The lowest BCUT2D eigenvalue weighted by molar-refractivity contribution is -0.161. The number of carbonyl (C=O) groups is 3. The second kappa shape index (κ2) is 34.0. The van der Waals surface area contributed by atoms with Crippen molar-refractivity contribution in [1.82, 2.24) is 0 Å². The van der Waals surface area contributed by atoms with E-state index in [-0.39, 0.29) is 12.8 Å². The predicted molar refractivity (Wildman–Crippen MR) is 207 cm³/mol. The molecule has 0 aliphatic heterocycles. The van der Waals surface area contributed by atoms with Crippen LogP contribution in [-0.2, 0) is 37.5 Å². The molecule has 0 fully saturated rings. The zero-order valence-corrected chi connectivity index (χ0v) is 31.5. The molecule has 0 aliphatic carbocycles. The smallest absolute Gasteiger partial charge is 0.472 e. The topological polar surface area (TPSA) is 172 Å². The average Bonchev–Trinajstić information content (AvgIpc) is 3.12. The van der Waals surface area contributed by atoms with Crippen LogP contribution in [0.5, 0.6) is 0 Å². The van der Waals surface area contributed by atoms with Gasteiger partial charge in [-0.25, -0.2) is 4.57 Å². The SMILES string of the molecule is CC/C=C/C=C/C=C/C=C/C=C/CCCCCC(=O)OCC(COP(=O)(O)OC[C@H](N)C(=O)O)OC(=O)CCC/C=C/C=C/C=C/C=C/C=C/CC. The number of allylic oxidation sites excluding steroid dienone is 20. The maximum atomic E-state index is 12.5. The summed E-state index contributed by atoms with van der Waals surface area (Å²) in [6.45, 7) is 2.33. The van der Waals surface area contributed by atoms with Gasteiger partial charge in [-0.05, 0) is 44.9 Å². The first-order valence-corrected chi connectivity index (χ1v) is 19.2. The van der Waals surface area contributed by atoms with Crippen LogP contribution in [-0.4, -0.2) is 59.9 Å². The van der Waals surface area contributed by atoms with Crippen LogP contribution in [0.15, 0.2) is 122 Å². The molecular formula is C40H58NO10P. The minimum atomic E-state index is -4.75. The number of carboxylic acid groups (broad SMARTS) is 1. The quantitative estimate of drug-likeness (QED) is 0.0279. The molecule has 0 bridgehead atoms. The van der Waals surface area contributed by atoms with Crippen molar-refractivity contribution in [1.29, 1.82) is 0 Å². The van der Waals surface area contributed by atoms with Gasteiger partial charge in [-0.3, -0.25) is 23.4 Å². The third-order valence-electron chi connectivity index (χ3n) is 6.46. The van der Waals surface area contributed by atoms with Crippen LogP contribution in [0.3, 0.4) is 0 Å². The Bertz CT molecular complexity index is 1340. The van der Waals surface area contributed by atoms with Gasteiger partial charge in [0.25, 0.3) is 0 Å².